The quantitative estimate of drug-likeness (QED) is 0.644. The lowest BCUT2D eigenvalue weighted by molar-refractivity contribution is 0.264. The molecule has 0 aromatic rings. The normalized spacial score (nSPS) is 21.4. The smallest absolute Gasteiger partial charge is 0.0195 e. The van der Waals surface area contributed by atoms with Gasteiger partial charge in [0, 0.05) is 24.9 Å². The first-order chi connectivity index (χ1) is 7.36. The van der Waals surface area contributed by atoms with Crippen molar-refractivity contribution in [3.05, 3.63) is 0 Å². The highest BCUT2D eigenvalue weighted by Gasteiger charge is 2.16. The maximum absolute atomic E-state index is 3.59. The molecule has 15 heavy (non-hydrogen) atoms. The second kappa shape index (κ2) is 8.43. The van der Waals surface area contributed by atoms with Gasteiger partial charge in [0.25, 0.3) is 0 Å². The minimum atomic E-state index is 0.767. The summed E-state index contributed by atoms with van der Waals surface area (Å²) in [5, 5.41) is 3.59. The van der Waals surface area contributed by atoms with Crippen LogP contribution in [-0.2, 0) is 0 Å². The maximum atomic E-state index is 3.59. The van der Waals surface area contributed by atoms with Gasteiger partial charge < -0.3 is 10.2 Å². The fourth-order valence-corrected chi connectivity index (χ4v) is 2.85. The van der Waals surface area contributed by atoms with Crippen LogP contribution < -0.4 is 5.32 Å². The highest BCUT2D eigenvalue weighted by atomic mass is 32.2. The third kappa shape index (κ3) is 5.79. The number of hydrogen-bond acceptors (Lipinski definition) is 3. The zero-order valence-electron chi connectivity index (χ0n) is 10.3. The molecule has 1 unspecified atom stereocenters. The molecule has 90 valence electrons. The zero-order valence-corrected chi connectivity index (χ0v) is 11.1. The van der Waals surface area contributed by atoms with Crippen LogP contribution in [0.2, 0.25) is 0 Å². The predicted octanol–water partition coefficient (Wildman–Crippen LogP) is 2.20. The Morgan fingerprint density at radius 1 is 1.33 bits per heavy atom. The van der Waals surface area contributed by atoms with Gasteiger partial charge in [0.2, 0.25) is 0 Å². The van der Waals surface area contributed by atoms with E-state index < -0.39 is 0 Å². The summed E-state index contributed by atoms with van der Waals surface area (Å²) in [6.07, 6.45) is 4.03. The van der Waals surface area contributed by atoms with E-state index in [2.05, 4.69) is 35.8 Å². The van der Waals surface area contributed by atoms with Gasteiger partial charge >= 0.3 is 0 Å². The van der Waals surface area contributed by atoms with Crippen LogP contribution in [0.15, 0.2) is 0 Å². The topological polar surface area (TPSA) is 15.3 Å². The van der Waals surface area contributed by atoms with E-state index in [1.807, 2.05) is 0 Å². The zero-order chi connectivity index (χ0) is 10.9. The van der Waals surface area contributed by atoms with Crippen molar-refractivity contribution in [1.29, 1.82) is 0 Å². The van der Waals surface area contributed by atoms with Gasteiger partial charge in [-0.25, -0.2) is 0 Å². The monoisotopic (exact) mass is 230 g/mol. The van der Waals surface area contributed by atoms with Crippen molar-refractivity contribution in [3.8, 4) is 0 Å². The Morgan fingerprint density at radius 2 is 2.20 bits per heavy atom. The Balaban J connectivity index is 2.16. The SMILES string of the molecule is CCCN(CCSCC)CC1CCCN1. The summed E-state index contributed by atoms with van der Waals surface area (Å²) < 4.78 is 0. The molecule has 1 saturated heterocycles. The molecule has 0 amide bonds. The molecule has 0 saturated carbocycles. The second-order valence-corrected chi connectivity index (χ2v) is 5.68. The Bertz CT molecular complexity index is 147. The number of nitrogens with one attached hydrogen (secondary N) is 1. The maximum Gasteiger partial charge on any atom is 0.0195 e. The predicted molar refractivity (Wildman–Crippen MR) is 70.8 cm³/mol. The first-order valence-electron chi connectivity index (χ1n) is 6.40. The minimum Gasteiger partial charge on any atom is -0.313 e. The largest absolute Gasteiger partial charge is 0.313 e. The van der Waals surface area contributed by atoms with E-state index in [1.54, 1.807) is 0 Å². The van der Waals surface area contributed by atoms with Crippen LogP contribution >= 0.6 is 11.8 Å². The van der Waals surface area contributed by atoms with Crippen molar-refractivity contribution in [1.82, 2.24) is 10.2 Å². The molecule has 0 aromatic carbocycles. The van der Waals surface area contributed by atoms with E-state index in [9.17, 15) is 0 Å². The van der Waals surface area contributed by atoms with E-state index >= 15 is 0 Å². The molecule has 0 bridgehead atoms. The molecule has 0 aromatic heterocycles. The standard InChI is InChI=1S/C12H26N2S/c1-3-8-14(9-10-15-4-2)11-12-6-5-7-13-12/h12-13H,3-11H2,1-2H3. The summed E-state index contributed by atoms with van der Waals surface area (Å²) in [6.45, 7) is 9.55. The van der Waals surface area contributed by atoms with Gasteiger partial charge in [0.1, 0.15) is 0 Å². The molecule has 1 aliphatic heterocycles. The molecule has 3 heteroatoms. The van der Waals surface area contributed by atoms with E-state index in [0.29, 0.717) is 0 Å². The van der Waals surface area contributed by atoms with E-state index in [-0.39, 0.29) is 0 Å². The van der Waals surface area contributed by atoms with E-state index in [0.717, 1.165) is 6.04 Å². The van der Waals surface area contributed by atoms with Gasteiger partial charge in [-0.3, -0.25) is 0 Å². The first kappa shape index (κ1) is 13.3. The molecule has 1 fully saturated rings. The Kier molecular flexibility index (Phi) is 7.49. The molecule has 1 aliphatic rings. The number of thioether (sulfide) groups is 1. The van der Waals surface area contributed by atoms with Crippen molar-refractivity contribution >= 4 is 11.8 Å². The molecule has 0 radical (unpaired) electrons. The van der Waals surface area contributed by atoms with Gasteiger partial charge in [-0.2, -0.15) is 11.8 Å². The van der Waals surface area contributed by atoms with Gasteiger partial charge in [-0.1, -0.05) is 13.8 Å². The van der Waals surface area contributed by atoms with Gasteiger partial charge in [0.15, 0.2) is 0 Å². The summed E-state index contributed by atoms with van der Waals surface area (Å²) in [6, 6.07) is 0.767. The fraction of sp³-hybridized carbons (Fsp3) is 1.00. The lowest BCUT2D eigenvalue weighted by atomic mass is 10.2. The minimum absolute atomic E-state index is 0.767. The van der Waals surface area contributed by atoms with Crippen LogP contribution in [0.25, 0.3) is 0 Å². The number of hydrogen-bond donors (Lipinski definition) is 1. The molecular formula is C12H26N2S. The van der Waals surface area contributed by atoms with Crippen LogP contribution in [0.5, 0.6) is 0 Å². The Labute approximate surface area is 99.2 Å². The van der Waals surface area contributed by atoms with Gasteiger partial charge in [-0.15, -0.1) is 0 Å². The number of nitrogens with zero attached hydrogens (tertiary/aromatic N) is 1. The van der Waals surface area contributed by atoms with Crippen molar-refractivity contribution in [2.24, 2.45) is 0 Å². The van der Waals surface area contributed by atoms with Crippen LogP contribution in [0.1, 0.15) is 33.1 Å². The lowest BCUT2D eigenvalue weighted by Crippen LogP contribution is -2.39. The molecule has 0 spiro atoms. The number of rotatable bonds is 8. The molecule has 1 rings (SSSR count). The third-order valence-electron chi connectivity index (χ3n) is 2.94. The summed E-state index contributed by atoms with van der Waals surface area (Å²) in [5.74, 6) is 2.55. The first-order valence-corrected chi connectivity index (χ1v) is 7.55. The summed E-state index contributed by atoms with van der Waals surface area (Å²) in [4.78, 5) is 2.63. The average Bonchev–Trinajstić information content (AvgIpc) is 2.71. The van der Waals surface area contributed by atoms with Crippen molar-refractivity contribution in [3.63, 3.8) is 0 Å². The summed E-state index contributed by atoms with van der Waals surface area (Å²) >= 11 is 2.06. The lowest BCUT2D eigenvalue weighted by Gasteiger charge is -2.24. The van der Waals surface area contributed by atoms with Crippen molar-refractivity contribution in [2.45, 2.75) is 39.2 Å². The second-order valence-electron chi connectivity index (χ2n) is 4.29. The van der Waals surface area contributed by atoms with Crippen molar-refractivity contribution in [2.75, 3.05) is 37.7 Å². The highest BCUT2D eigenvalue weighted by Crippen LogP contribution is 2.08. The molecule has 1 N–H and O–H groups in total. The molecule has 0 aliphatic carbocycles. The van der Waals surface area contributed by atoms with Gasteiger partial charge in [0.05, 0.1) is 0 Å². The van der Waals surface area contributed by atoms with Crippen LogP contribution in [-0.4, -0.2) is 48.6 Å². The Hall–Kier alpha value is 0.270. The van der Waals surface area contributed by atoms with Crippen LogP contribution in [0.3, 0.4) is 0 Å². The third-order valence-corrected chi connectivity index (χ3v) is 3.82. The molecular weight excluding hydrogens is 204 g/mol. The average molecular weight is 230 g/mol. The fourth-order valence-electron chi connectivity index (χ4n) is 2.17. The summed E-state index contributed by atoms with van der Waals surface area (Å²) in [7, 11) is 0. The molecule has 2 nitrogen and oxygen atoms in total. The Morgan fingerprint density at radius 3 is 2.80 bits per heavy atom. The van der Waals surface area contributed by atoms with E-state index in [4.69, 9.17) is 0 Å². The van der Waals surface area contributed by atoms with E-state index in [1.165, 1.54) is 56.9 Å². The molecule has 1 atom stereocenters. The van der Waals surface area contributed by atoms with Gasteiger partial charge in [-0.05, 0) is 38.1 Å². The van der Waals surface area contributed by atoms with Crippen LogP contribution in [0, 0.1) is 0 Å². The highest BCUT2D eigenvalue weighted by molar-refractivity contribution is 7.99. The van der Waals surface area contributed by atoms with Crippen molar-refractivity contribution < 1.29 is 0 Å². The summed E-state index contributed by atoms with van der Waals surface area (Å²) in [5.41, 5.74) is 0. The van der Waals surface area contributed by atoms with Crippen LogP contribution in [0.4, 0.5) is 0 Å². The molecule has 1 heterocycles.